The largest absolute Gasteiger partial charge is 0.496 e. The molecule has 0 spiro atoms. The minimum absolute atomic E-state index is 0.00196. The standard InChI is InChI=1S/C16H23NO3/c1-11-8-12(2)16(15(9-11)19-3)14(18)10-20-13-4-6-17-7-5-13/h8-9,13,17H,4-7,10H2,1-3H3. The summed E-state index contributed by atoms with van der Waals surface area (Å²) in [5.41, 5.74) is 2.68. The third-order valence-electron chi connectivity index (χ3n) is 3.68. The molecule has 0 amide bonds. The lowest BCUT2D eigenvalue weighted by Crippen LogP contribution is -2.33. The average Bonchev–Trinajstić information content (AvgIpc) is 2.45. The van der Waals surface area contributed by atoms with Gasteiger partial charge in [0.1, 0.15) is 12.4 Å². The van der Waals surface area contributed by atoms with Gasteiger partial charge in [-0.3, -0.25) is 4.79 Å². The van der Waals surface area contributed by atoms with Crippen LogP contribution in [0.15, 0.2) is 12.1 Å². The summed E-state index contributed by atoms with van der Waals surface area (Å²) in [5.74, 6) is 0.638. The van der Waals surface area contributed by atoms with Crippen molar-refractivity contribution in [3.05, 3.63) is 28.8 Å². The van der Waals surface area contributed by atoms with Crippen molar-refractivity contribution < 1.29 is 14.3 Å². The molecule has 1 heterocycles. The second-order valence-electron chi connectivity index (χ2n) is 5.34. The molecule has 1 fully saturated rings. The molecule has 0 aromatic heterocycles. The molecule has 0 bridgehead atoms. The van der Waals surface area contributed by atoms with Gasteiger partial charge in [0, 0.05) is 0 Å². The van der Waals surface area contributed by atoms with Gasteiger partial charge < -0.3 is 14.8 Å². The Morgan fingerprint density at radius 3 is 2.65 bits per heavy atom. The minimum Gasteiger partial charge on any atom is -0.496 e. The van der Waals surface area contributed by atoms with Crippen molar-refractivity contribution in [1.82, 2.24) is 5.32 Å². The monoisotopic (exact) mass is 277 g/mol. The van der Waals surface area contributed by atoms with Crippen LogP contribution in [0.3, 0.4) is 0 Å². The van der Waals surface area contributed by atoms with E-state index in [0.29, 0.717) is 11.3 Å². The number of hydrogen-bond acceptors (Lipinski definition) is 4. The summed E-state index contributed by atoms with van der Waals surface area (Å²) in [6, 6.07) is 3.89. The fourth-order valence-electron chi connectivity index (χ4n) is 2.67. The van der Waals surface area contributed by atoms with Crippen LogP contribution in [0.5, 0.6) is 5.75 Å². The van der Waals surface area contributed by atoms with Gasteiger partial charge in [-0.05, 0) is 57.0 Å². The van der Waals surface area contributed by atoms with Gasteiger partial charge in [-0.15, -0.1) is 0 Å². The van der Waals surface area contributed by atoms with E-state index in [9.17, 15) is 4.79 Å². The van der Waals surface area contributed by atoms with Crippen molar-refractivity contribution in [2.24, 2.45) is 0 Å². The fraction of sp³-hybridized carbons (Fsp3) is 0.562. The molecule has 1 aliphatic rings. The number of rotatable bonds is 5. The van der Waals surface area contributed by atoms with Gasteiger partial charge in [0.25, 0.3) is 0 Å². The number of benzene rings is 1. The molecule has 0 radical (unpaired) electrons. The Labute approximate surface area is 120 Å². The number of Topliss-reactive ketones (excluding diaryl/α,β-unsaturated/α-hetero) is 1. The predicted molar refractivity (Wildman–Crippen MR) is 78.6 cm³/mol. The Morgan fingerprint density at radius 2 is 2.00 bits per heavy atom. The molecule has 1 N–H and O–H groups in total. The fourth-order valence-corrected chi connectivity index (χ4v) is 2.67. The molecule has 4 heteroatoms. The third-order valence-corrected chi connectivity index (χ3v) is 3.68. The van der Waals surface area contributed by atoms with E-state index in [0.717, 1.165) is 37.1 Å². The summed E-state index contributed by atoms with van der Waals surface area (Å²) in [4.78, 5) is 12.4. The van der Waals surface area contributed by atoms with Gasteiger partial charge in [-0.1, -0.05) is 6.07 Å². The lowest BCUT2D eigenvalue weighted by Gasteiger charge is -2.23. The van der Waals surface area contributed by atoms with Crippen molar-refractivity contribution in [3.8, 4) is 5.75 Å². The van der Waals surface area contributed by atoms with E-state index in [2.05, 4.69) is 5.32 Å². The predicted octanol–water partition coefficient (Wildman–Crippen LogP) is 2.26. The van der Waals surface area contributed by atoms with Crippen molar-refractivity contribution in [3.63, 3.8) is 0 Å². The molecule has 0 aliphatic carbocycles. The molecule has 4 nitrogen and oxygen atoms in total. The number of methoxy groups -OCH3 is 1. The van der Waals surface area contributed by atoms with Crippen LogP contribution in [0.2, 0.25) is 0 Å². The Balaban J connectivity index is 2.04. The highest BCUT2D eigenvalue weighted by Crippen LogP contribution is 2.25. The molecular formula is C16H23NO3. The van der Waals surface area contributed by atoms with E-state index in [1.54, 1.807) is 7.11 Å². The first-order chi connectivity index (χ1) is 9.61. The molecule has 0 saturated carbocycles. The van der Waals surface area contributed by atoms with Crippen LogP contribution >= 0.6 is 0 Å². The summed E-state index contributed by atoms with van der Waals surface area (Å²) in [5, 5.41) is 3.28. The normalized spacial score (nSPS) is 16.1. The number of carbonyl (C=O) groups excluding carboxylic acids is 1. The molecule has 1 aromatic carbocycles. The number of nitrogens with one attached hydrogen (secondary N) is 1. The quantitative estimate of drug-likeness (QED) is 0.839. The minimum atomic E-state index is -0.00196. The lowest BCUT2D eigenvalue weighted by molar-refractivity contribution is 0.0316. The van der Waals surface area contributed by atoms with E-state index in [1.165, 1.54) is 0 Å². The van der Waals surface area contributed by atoms with Crippen molar-refractivity contribution in [2.45, 2.75) is 32.8 Å². The SMILES string of the molecule is COc1cc(C)cc(C)c1C(=O)COC1CCNCC1. The van der Waals surface area contributed by atoms with Crippen LogP contribution in [0.4, 0.5) is 0 Å². The molecule has 110 valence electrons. The number of ketones is 1. The number of carbonyl (C=O) groups is 1. The molecule has 0 unspecified atom stereocenters. The van der Waals surface area contributed by atoms with Crippen LogP contribution in [0.1, 0.15) is 34.3 Å². The van der Waals surface area contributed by atoms with E-state index < -0.39 is 0 Å². The van der Waals surface area contributed by atoms with E-state index >= 15 is 0 Å². The summed E-state index contributed by atoms with van der Waals surface area (Å²) >= 11 is 0. The van der Waals surface area contributed by atoms with Crippen molar-refractivity contribution >= 4 is 5.78 Å². The zero-order valence-electron chi connectivity index (χ0n) is 12.5. The van der Waals surface area contributed by atoms with Crippen LogP contribution in [-0.4, -0.2) is 38.7 Å². The summed E-state index contributed by atoms with van der Waals surface area (Å²) < 4.78 is 11.1. The summed E-state index contributed by atoms with van der Waals surface area (Å²) in [6.07, 6.45) is 2.13. The maximum absolute atomic E-state index is 12.4. The molecule has 0 atom stereocenters. The molecule has 2 rings (SSSR count). The smallest absolute Gasteiger partial charge is 0.192 e. The molecule has 1 aromatic rings. The summed E-state index contributed by atoms with van der Waals surface area (Å²) in [7, 11) is 1.60. The Kier molecular flexibility index (Phi) is 5.15. The van der Waals surface area contributed by atoms with Gasteiger partial charge in [0.05, 0.1) is 18.8 Å². The molecular weight excluding hydrogens is 254 g/mol. The maximum Gasteiger partial charge on any atom is 0.192 e. The highest BCUT2D eigenvalue weighted by Gasteiger charge is 2.19. The highest BCUT2D eigenvalue weighted by molar-refractivity contribution is 6.01. The zero-order valence-corrected chi connectivity index (χ0v) is 12.5. The van der Waals surface area contributed by atoms with Gasteiger partial charge in [0.15, 0.2) is 5.78 Å². The second-order valence-corrected chi connectivity index (χ2v) is 5.34. The zero-order chi connectivity index (χ0) is 14.5. The lowest BCUT2D eigenvalue weighted by atomic mass is 10.0. The number of hydrogen-bond donors (Lipinski definition) is 1. The first-order valence-electron chi connectivity index (χ1n) is 7.12. The van der Waals surface area contributed by atoms with E-state index in [-0.39, 0.29) is 18.5 Å². The van der Waals surface area contributed by atoms with Gasteiger partial charge in [0.2, 0.25) is 0 Å². The van der Waals surface area contributed by atoms with Gasteiger partial charge in [-0.25, -0.2) is 0 Å². The second kappa shape index (κ2) is 6.86. The average molecular weight is 277 g/mol. The Hall–Kier alpha value is -1.39. The first-order valence-corrected chi connectivity index (χ1v) is 7.12. The summed E-state index contributed by atoms with van der Waals surface area (Å²) in [6.45, 7) is 5.99. The van der Waals surface area contributed by atoms with E-state index in [4.69, 9.17) is 9.47 Å². The number of aryl methyl sites for hydroxylation is 2. The third kappa shape index (κ3) is 3.58. The van der Waals surface area contributed by atoms with Crippen LogP contribution in [0, 0.1) is 13.8 Å². The Bertz CT molecular complexity index is 479. The molecule has 1 saturated heterocycles. The topological polar surface area (TPSA) is 47.6 Å². The van der Waals surface area contributed by atoms with E-state index in [1.807, 2.05) is 26.0 Å². The number of ether oxygens (including phenoxy) is 2. The first kappa shape index (κ1) is 15.0. The van der Waals surface area contributed by atoms with Crippen molar-refractivity contribution in [1.29, 1.82) is 0 Å². The Morgan fingerprint density at radius 1 is 1.30 bits per heavy atom. The van der Waals surface area contributed by atoms with Gasteiger partial charge in [-0.2, -0.15) is 0 Å². The molecule has 1 aliphatic heterocycles. The van der Waals surface area contributed by atoms with Crippen LogP contribution in [-0.2, 0) is 4.74 Å². The molecule has 20 heavy (non-hydrogen) atoms. The maximum atomic E-state index is 12.4. The van der Waals surface area contributed by atoms with Crippen LogP contribution < -0.4 is 10.1 Å². The van der Waals surface area contributed by atoms with Gasteiger partial charge >= 0.3 is 0 Å². The number of piperidine rings is 1. The van der Waals surface area contributed by atoms with Crippen molar-refractivity contribution in [2.75, 3.05) is 26.8 Å². The highest BCUT2D eigenvalue weighted by atomic mass is 16.5. The van der Waals surface area contributed by atoms with Crippen LogP contribution in [0.25, 0.3) is 0 Å².